The number of aromatic amines is 1. The summed E-state index contributed by atoms with van der Waals surface area (Å²) in [5.74, 6) is -0.501. The Labute approximate surface area is 120 Å². The number of anilines is 1. The van der Waals surface area contributed by atoms with Crippen LogP contribution in [0.2, 0.25) is 0 Å². The second-order valence-electron chi connectivity index (χ2n) is 4.44. The fraction of sp³-hybridized carbons (Fsp3) is 0.231. The summed E-state index contributed by atoms with van der Waals surface area (Å²) in [5.41, 5.74) is 2.10. The van der Waals surface area contributed by atoms with Crippen molar-refractivity contribution in [3.63, 3.8) is 0 Å². The van der Waals surface area contributed by atoms with E-state index in [0.717, 1.165) is 11.3 Å². The van der Waals surface area contributed by atoms with Gasteiger partial charge in [0.2, 0.25) is 0 Å². The fourth-order valence-corrected chi connectivity index (χ4v) is 1.86. The summed E-state index contributed by atoms with van der Waals surface area (Å²) >= 11 is 0. The molecule has 8 nitrogen and oxygen atoms in total. The average Bonchev–Trinajstić information content (AvgIpc) is 2.89. The van der Waals surface area contributed by atoms with Crippen LogP contribution in [0.1, 0.15) is 21.6 Å². The molecule has 0 unspecified atom stereocenters. The zero-order chi connectivity index (χ0) is 15.4. The number of nitrogens with one attached hydrogen (secondary N) is 3. The van der Waals surface area contributed by atoms with Crippen LogP contribution in [0.5, 0.6) is 0 Å². The monoisotopic (exact) mass is 289 g/mol. The number of carbonyl (C=O) groups is 1. The molecule has 8 heteroatoms. The van der Waals surface area contributed by atoms with E-state index in [-0.39, 0.29) is 17.8 Å². The van der Waals surface area contributed by atoms with Crippen molar-refractivity contribution >= 4 is 17.3 Å². The van der Waals surface area contributed by atoms with Gasteiger partial charge in [0.05, 0.1) is 11.1 Å². The molecule has 2 aromatic rings. The zero-order valence-corrected chi connectivity index (χ0v) is 11.6. The Balaban J connectivity index is 2.21. The largest absolute Gasteiger partial charge is 0.388 e. The molecule has 0 spiro atoms. The van der Waals surface area contributed by atoms with E-state index in [0.29, 0.717) is 5.69 Å². The Kier molecular flexibility index (Phi) is 4.17. The van der Waals surface area contributed by atoms with Crippen molar-refractivity contribution in [2.45, 2.75) is 13.5 Å². The minimum absolute atomic E-state index is 0.0213. The number of carbonyl (C=O) groups excluding carboxylic acids is 1. The summed E-state index contributed by atoms with van der Waals surface area (Å²) in [4.78, 5) is 22.6. The Morgan fingerprint density at radius 2 is 2.24 bits per heavy atom. The Bertz CT molecular complexity index is 680. The third kappa shape index (κ3) is 3.16. The van der Waals surface area contributed by atoms with Crippen molar-refractivity contribution in [1.82, 2.24) is 15.5 Å². The van der Waals surface area contributed by atoms with Gasteiger partial charge >= 0.3 is 0 Å². The molecule has 0 saturated heterocycles. The number of nitro groups is 1. The number of rotatable bonds is 5. The van der Waals surface area contributed by atoms with E-state index in [1.165, 1.54) is 12.1 Å². The number of hydrogen-bond donors (Lipinski definition) is 3. The van der Waals surface area contributed by atoms with E-state index in [1.54, 1.807) is 19.3 Å². The highest BCUT2D eigenvalue weighted by Gasteiger charge is 2.20. The van der Waals surface area contributed by atoms with Crippen molar-refractivity contribution in [3.8, 4) is 0 Å². The van der Waals surface area contributed by atoms with Crippen LogP contribution in [-0.4, -0.2) is 28.1 Å². The van der Waals surface area contributed by atoms with Gasteiger partial charge in [-0.1, -0.05) is 0 Å². The number of aryl methyl sites for hydroxylation is 1. The van der Waals surface area contributed by atoms with E-state index in [9.17, 15) is 14.9 Å². The van der Waals surface area contributed by atoms with E-state index >= 15 is 0 Å². The molecule has 0 atom stereocenters. The minimum Gasteiger partial charge on any atom is -0.388 e. The quantitative estimate of drug-likeness (QED) is 0.571. The average molecular weight is 289 g/mol. The van der Waals surface area contributed by atoms with Crippen molar-refractivity contribution in [2.24, 2.45) is 0 Å². The van der Waals surface area contributed by atoms with Crippen LogP contribution in [0.15, 0.2) is 24.4 Å². The molecule has 1 aromatic heterocycles. The SMILES string of the molecule is CNc1ccc([N+](=O)[O-])c(C(=O)NCc2cn[nH]c2C)c1. The molecule has 1 heterocycles. The Morgan fingerprint density at radius 3 is 2.81 bits per heavy atom. The van der Waals surface area contributed by atoms with Crippen LogP contribution in [0.3, 0.4) is 0 Å². The number of benzene rings is 1. The first-order valence-corrected chi connectivity index (χ1v) is 6.26. The lowest BCUT2D eigenvalue weighted by molar-refractivity contribution is -0.385. The smallest absolute Gasteiger partial charge is 0.282 e. The van der Waals surface area contributed by atoms with Gasteiger partial charge in [-0.15, -0.1) is 0 Å². The summed E-state index contributed by atoms with van der Waals surface area (Å²) in [5, 5.41) is 23.1. The van der Waals surface area contributed by atoms with Crippen molar-refractivity contribution < 1.29 is 9.72 Å². The van der Waals surface area contributed by atoms with Gasteiger partial charge in [-0.2, -0.15) is 5.10 Å². The number of nitrogens with zero attached hydrogens (tertiary/aromatic N) is 2. The molecule has 0 fully saturated rings. The van der Waals surface area contributed by atoms with Crippen LogP contribution >= 0.6 is 0 Å². The third-order valence-corrected chi connectivity index (χ3v) is 3.10. The highest BCUT2D eigenvalue weighted by molar-refractivity contribution is 5.99. The van der Waals surface area contributed by atoms with Crippen molar-refractivity contribution in [1.29, 1.82) is 0 Å². The number of amides is 1. The molecule has 2 rings (SSSR count). The molecule has 0 aliphatic heterocycles. The predicted octanol–water partition coefficient (Wildman–Crippen LogP) is 1.60. The molecule has 0 bridgehead atoms. The van der Waals surface area contributed by atoms with Crippen molar-refractivity contribution in [3.05, 3.63) is 51.3 Å². The summed E-state index contributed by atoms with van der Waals surface area (Å²) in [6.07, 6.45) is 1.61. The lowest BCUT2D eigenvalue weighted by Gasteiger charge is -2.07. The van der Waals surface area contributed by atoms with Crippen LogP contribution in [0.4, 0.5) is 11.4 Å². The molecular weight excluding hydrogens is 274 g/mol. The van der Waals surface area contributed by atoms with Gasteiger partial charge in [0.1, 0.15) is 5.56 Å². The molecule has 110 valence electrons. The van der Waals surface area contributed by atoms with Crippen LogP contribution in [-0.2, 0) is 6.54 Å². The maximum absolute atomic E-state index is 12.2. The summed E-state index contributed by atoms with van der Waals surface area (Å²) in [7, 11) is 1.68. The van der Waals surface area contributed by atoms with Crippen LogP contribution in [0.25, 0.3) is 0 Å². The predicted molar refractivity (Wildman–Crippen MR) is 77.1 cm³/mol. The first-order chi connectivity index (χ1) is 10.0. The molecule has 1 aromatic carbocycles. The number of nitro benzene ring substituents is 1. The maximum atomic E-state index is 12.2. The van der Waals surface area contributed by atoms with E-state index in [1.807, 2.05) is 6.92 Å². The molecule has 0 saturated carbocycles. The number of hydrogen-bond acceptors (Lipinski definition) is 5. The molecule has 0 radical (unpaired) electrons. The number of H-pyrrole nitrogens is 1. The zero-order valence-electron chi connectivity index (χ0n) is 11.6. The molecule has 1 amide bonds. The van der Waals surface area contributed by atoms with Gasteiger partial charge in [-0.05, 0) is 19.1 Å². The van der Waals surface area contributed by atoms with E-state index in [2.05, 4.69) is 20.8 Å². The normalized spacial score (nSPS) is 10.2. The summed E-state index contributed by atoms with van der Waals surface area (Å²) in [6, 6.07) is 4.31. The lowest BCUT2D eigenvalue weighted by atomic mass is 10.1. The van der Waals surface area contributed by atoms with Crippen LogP contribution < -0.4 is 10.6 Å². The molecule has 21 heavy (non-hydrogen) atoms. The van der Waals surface area contributed by atoms with Gasteiger partial charge in [-0.3, -0.25) is 20.0 Å². The Hall–Kier alpha value is -2.90. The van der Waals surface area contributed by atoms with Gasteiger partial charge in [-0.25, -0.2) is 0 Å². The second-order valence-corrected chi connectivity index (χ2v) is 4.44. The third-order valence-electron chi connectivity index (χ3n) is 3.10. The van der Waals surface area contributed by atoms with Crippen molar-refractivity contribution in [2.75, 3.05) is 12.4 Å². The first-order valence-electron chi connectivity index (χ1n) is 6.26. The highest BCUT2D eigenvalue weighted by atomic mass is 16.6. The van der Waals surface area contributed by atoms with Gasteiger partial charge in [0.15, 0.2) is 0 Å². The van der Waals surface area contributed by atoms with Gasteiger partial charge < -0.3 is 10.6 Å². The van der Waals surface area contributed by atoms with Gasteiger partial charge in [0, 0.05) is 36.6 Å². The molecular formula is C13H15N5O3. The standard InChI is InChI=1S/C13H15N5O3/c1-8-9(7-16-17-8)6-15-13(19)11-5-10(14-2)3-4-12(11)18(20)21/h3-5,7,14H,6H2,1-2H3,(H,15,19)(H,16,17). The topological polar surface area (TPSA) is 113 Å². The minimum atomic E-state index is -0.572. The van der Waals surface area contributed by atoms with Gasteiger partial charge in [0.25, 0.3) is 11.6 Å². The first kappa shape index (κ1) is 14.5. The summed E-state index contributed by atoms with van der Waals surface area (Å²) in [6.45, 7) is 2.08. The molecule has 3 N–H and O–H groups in total. The maximum Gasteiger partial charge on any atom is 0.282 e. The second kappa shape index (κ2) is 6.04. The van der Waals surface area contributed by atoms with E-state index in [4.69, 9.17) is 0 Å². The number of aromatic nitrogens is 2. The highest BCUT2D eigenvalue weighted by Crippen LogP contribution is 2.22. The Morgan fingerprint density at radius 1 is 1.48 bits per heavy atom. The lowest BCUT2D eigenvalue weighted by Crippen LogP contribution is -2.24. The molecule has 0 aliphatic rings. The van der Waals surface area contributed by atoms with E-state index < -0.39 is 10.8 Å². The van der Waals surface area contributed by atoms with Crippen LogP contribution in [0, 0.1) is 17.0 Å². The molecule has 0 aliphatic carbocycles. The fourth-order valence-electron chi connectivity index (χ4n) is 1.86. The summed E-state index contributed by atoms with van der Waals surface area (Å²) < 4.78 is 0.